The molecule has 0 saturated carbocycles. The molecule has 2 N–H and O–H groups in total. The molecular weight excluding hydrogens is 240 g/mol. The maximum atomic E-state index is 11.5. The zero-order valence-corrected chi connectivity index (χ0v) is 11.9. The Balaban J connectivity index is 2.07. The minimum Gasteiger partial charge on any atom is -0.385 e. The Bertz CT molecular complexity index is 380. The predicted molar refractivity (Wildman–Crippen MR) is 77.0 cm³/mol. The summed E-state index contributed by atoms with van der Waals surface area (Å²) >= 11 is 0. The van der Waals surface area contributed by atoms with Crippen molar-refractivity contribution in [2.75, 3.05) is 26.8 Å². The fraction of sp³-hybridized carbons (Fsp3) is 0.533. The van der Waals surface area contributed by atoms with E-state index in [0.29, 0.717) is 26.1 Å². The summed E-state index contributed by atoms with van der Waals surface area (Å²) in [6.45, 7) is 4.98. The molecular formula is C15H24N2O2. The smallest absolute Gasteiger partial charge is 0.221 e. The normalized spacial score (nSPS) is 10.4. The Morgan fingerprint density at radius 2 is 2.05 bits per heavy atom. The second-order valence-corrected chi connectivity index (χ2v) is 4.55. The van der Waals surface area contributed by atoms with E-state index in [1.807, 2.05) is 12.1 Å². The summed E-state index contributed by atoms with van der Waals surface area (Å²) in [5, 5.41) is 6.16. The van der Waals surface area contributed by atoms with Crippen molar-refractivity contribution >= 4 is 5.91 Å². The first kappa shape index (κ1) is 15.7. The molecule has 19 heavy (non-hydrogen) atoms. The number of hydrogen-bond donors (Lipinski definition) is 2. The maximum absolute atomic E-state index is 11.5. The van der Waals surface area contributed by atoms with Crippen LogP contribution >= 0.6 is 0 Å². The van der Waals surface area contributed by atoms with E-state index in [2.05, 4.69) is 29.7 Å². The number of rotatable bonds is 9. The molecule has 0 heterocycles. The molecule has 0 bridgehead atoms. The zero-order chi connectivity index (χ0) is 13.9. The maximum Gasteiger partial charge on any atom is 0.221 e. The number of hydrogen-bond acceptors (Lipinski definition) is 3. The van der Waals surface area contributed by atoms with E-state index in [1.165, 1.54) is 11.1 Å². The molecule has 0 saturated heterocycles. The second-order valence-electron chi connectivity index (χ2n) is 4.55. The third kappa shape index (κ3) is 6.94. The lowest BCUT2D eigenvalue weighted by molar-refractivity contribution is -0.121. The summed E-state index contributed by atoms with van der Waals surface area (Å²) in [7, 11) is 1.66. The standard InChI is InChI=1S/C15H24N2O2/c1-13-6-3-4-7-14(13)12-16-10-8-15(18)17-9-5-11-19-2/h3-4,6-7,16H,5,8-12H2,1-2H3,(H,17,18). The van der Waals surface area contributed by atoms with Crippen molar-refractivity contribution < 1.29 is 9.53 Å². The largest absolute Gasteiger partial charge is 0.385 e. The number of benzene rings is 1. The van der Waals surface area contributed by atoms with Crippen molar-refractivity contribution in [3.05, 3.63) is 35.4 Å². The molecule has 4 heteroatoms. The number of methoxy groups -OCH3 is 1. The van der Waals surface area contributed by atoms with E-state index in [1.54, 1.807) is 7.11 Å². The lowest BCUT2D eigenvalue weighted by Crippen LogP contribution is -2.28. The number of ether oxygens (including phenoxy) is 1. The highest BCUT2D eigenvalue weighted by molar-refractivity contribution is 5.75. The van der Waals surface area contributed by atoms with Gasteiger partial charge >= 0.3 is 0 Å². The van der Waals surface area contributed by atoms with Gasteiger partial charge in [0, 0.05) is 39.8 Å². The number of carbonyl (C=O) groups excluding carboxylic acids is 1. The molecule has 0 atom stereocenters. The van der Waals surface area contributed by atoms with Gasteiger partial charge in [0.25, 0.3) is 0 Å². The van der Waals surface area contributed by atoms with Gasteiger partial charge in [-0.25, -0.2) is 0 Å². The Labute approximate surface area is 115 Å². The van der Waals surface area contributed by atoms with Crippen LogP contribution in [0.4, 0.5) is 0 Å². The van der Waals surface area contributed by atoms with Crippen molar-refractivity contribution in [1.29, 1.82) is 0 Å². The van der Waals surface area contributed by atoms with E-state index in [0.717, 1.165) is 13.0 Å². The highest BCUT2D eigenvalue weighted by Crippen LogP contribution is 2.05. The first-order valence-corrected chi connectivity index (χ1v) is 6.75. The molecule has 0 unspecified atom stereocenters. The predicted octanol–water partition coefficient (Wildman–Crippen LogP) is 1.63. The summed E-state index contributed by atoms with van der Waals surface area (Å²) in [5.74, 6) is 0.0911. The SMILES string of the molecule is COCCCNC(=O)CCNCc1ccccc1C. The summed E-state index contributed by atoms with van der Waals surface area (Å²) in [4.78, 5) is 11.5. The average Bonchev–Trinajstić information content (AvgIpc) is 2.41. The molecule has 0 aliphatic carbocycles. The van der Waals surface area contributed by atoms with E-state index < -0.39 is 0 Å². The van der Waals surface area contributed by atoms with Crippen LogP contribution in [-0.2, 0) is 16.1 Å². The quantitative estimate of drug-likeness (QED) is 0.667. The Morgan fingerprint density at radius 1 is 1.26 bits per heavy atom. The lowest BCUT2D eigenvalue weighted by Gasteiger charge is -2.08. The minimum absolute atomic E-state index is 0.0911. The van der Waals surface area contributed by atoms with Gasteiger partial charge in [-0.1, -0.05) is 24.3 Å². The summed E-state index contributed by atoms with van der Waals surface area (Å²) in [6, 6.07) is 8.27. The summed E-state index contributed by atoms with van der Waals surface area (Å²) < 4.78 is 4.92. The van der Waals surface area contributed by atoms with Gasteiger partial charge in [-0.15, -0.1) is 0 Å². The van der Waals surface area contributed by atoms with Crippen molar-refractivity contribution in [2.45, 2.75) is 26.3 Å². The topological polar surface area (TPSA) is 50.4 Å². The molecule has 1 aromatic carbocycles. The van der Waals surface area contributed by atoms with Crippen LogP contribution in [0.25, 0.3) is 0 Å². The second kappa shape index (κ2) is 9.53. The van der Waals surface area contributed by atoms with E-state index in [4.69, 9.17) is 4.74 Å². The highest BCUT2D eigenvalue weighted by Gasteiger charge is 2.01. The van der Waals surface area contributed by atoms with Gasteiger partial charge in [0.1, 0.15) is 0 Å². The molecule has 1 amide bonds. The van der Waals surface area contributed by atoms with Gasteiger partial charge in [-0.3, -0.25) is 4.79 Å². The Morgan fingerprint density at radius 3 is 2.79 bits per heavy atom. The van der Waals surface area contributed by atoms with Crippen LogP contribution in [0.15, 0.2) is 24.3 Å². The number of nitrogens with one attached hydrogen (secondary N) is 2. The third-order valence-electron chi connectivity index (χ3n) is 2.95. The van der Waals surface area contributed by atoms with Crippen LogP contribution in [0.3, 0.4) is 0 Å². The average molecular weight is 264 g/mol. The van der Waals surface area contributed by atoms with Gasteiger partial charge in [-0.2, -0.15) is 0 Å². The molecule has 1 rings (SSSR count). The first-order chi connectivity index (χ1) is 9.24. The fourth-order valence-corrected chi connectivity index (χ4v) is 1.77. The van der Waals surface area contributed by atoms with Gasteiger partial charge in [0.15, 0.2) is 0 Å². The van der Waals surface area contributed by atoms with Crippen LogP contribution < -0.4 is 10.6 Å². The van der Waals surface area contributed by atoms with Crippen LogP contribution in [0.1, 0.15) is 24.0 Å². The lowest BCUT2D eigenvalue weighted by atomic mass is 10.1. The molecule has 106 valence electrons. The van der Waals surface area contributed by atoms with Crippen molar-refractivity contribution in [2.24, 2.45) is 0 Å². The van der Waals surface area contributed by atoms with E-state index >= 15 is 0 Å². The molecule has 0 spiro atoms. The van der Waals surface area contributed by atoms with E-state index in [9.17, 15) is 4.79 Å². The zero-order valence-electron chi connectivity index (χ0n) is 11.9. The molecule has 4 nitrogen and oxygen atoms in total. The third-order valence-corrected chi connectivity index (χ3v) is 2.95. The number of aryl methyl sites for hydroxylation is 1. The van der Waals surface area contributed by atoms with Crippen molar-refractivity contribution in [1.82, 2.24) is 10.6 Å². The fourth-order valence-electron chi connectivity index (χ4n) is 1.77. The molecule has 1 aromatic rings. The molecule has 0 aliphatic heterocycles. The molecule has 0 radical (unpaired) electrons. The Hall–Kier alpha value is -1.39. The van der Waals surface area contributed by atoms with Gasteiger partial charge in [0.2, 0.25) is 5.91 Å². The highest BCUT2D eigenvalue weighted by atomic mass is 16.5. The monoisotopic (exact) mass is 264 g/mol. The van der Waals surface area contributed by atoms with Crippen LogP contribution in [-0.4, -0.2) is 32.7 Å². The van der Waals surface area contributed by atoms with Crippen LogP contribution in [0.5, 0.6) is 0 Å². The van der Waals surface area contributed by atoms with Gasteiger partial charge in [0.05, 0.1) is 0 Å². The number of carbonyl (C=O) groups is 1. The van der Waals surface area contributed by atoms with Crippen molar-refractivity contribution in [3.8, 4) is 0 Å². The van der Waals surface area contributed by atoms with Crippen molar-refractivity contribution in [3.63, 3.8) is 0 Å². The minimum atomic E-state index is 0.0911. The van der Waals surface area contributed by atoms with Gasteiger partial charge < -0.3 is 15.4 Å². The Kier molecular flexibility index (Phi) is 7.86. The first-order valence-electron chi connectivity index (χ1n) is 6.75. The summed E-state index contributed by atoms with van der Waals surface area (Å²) in [5.41, 5.74) is 2.56. The molecule has 0 fully saturated rings. The molecule has 0 aliphatic rings. The number of amides is 1. The van der Waals surface area contributed by atoms with E-state index in [-0.39, 0.29) is 5.91 Å². The van der Waals surface area contributed by atoms with Crippen LogP contribution in [0.2, 0.25) is 0 Å². The molecule has 0 aromatic heterocycles. The summed E-state index contributed by atoms with van der Waals surface area (Å²) in [6.07, 6.45) is 1.37. The van der Waals surface area contributed by atoms with Gasteiger partial charge in [-0.05, 0) is 24.5 Å². The van der Waals surface area contributed by atoms with Crippen LogP contribution in [0, 0.1) is 6.92 Å².